The minimum Gasteiger partial charge on any atom is -0.495 e. The third kappa shape index (κ3) is 4.30. The predicted molar refractivity (Wildman–Crippen MR) is 116 cm³/mol. The first-order valence-electron chi connectivity index (χ1n) is 10.6. The zero-order valence-corrected chi connectivity index (χ0v) is 17.3. The fourth-order valence-corrected chi connectivity index (χ4v) is 4.42. The molecule has 0 bridgehead atoms. The van der Waals surface area contributed by atoms with Gasteiger partial charge in [-0.25, -0.2) is 4.90 Å². The predicted octanol–water partition coefficient (Wildman–Crippen LogP) is -0.176. The Morgan fingerprint density at radius 2 is 1.70 bits per heavy atom. The smallest absolute Gasteiger partial charge is 0.292 e. The number of para-hydroxylation sites is 2. The van der Waals surface area contributed by atoms with Gasteiger partial charge in [-0.3, -0.25) is 9.59 Å². The van der Waals surface area contributed by atoms with Gasteiger partial charge in [0.25, 0.3) is 5.91 Å². The Bertz CT molecular complexity index is 920. The molecule has 0 unspecified atom stereocenters. The van der Waals surface area contributed by atoms with Gasteiger partial charge in [-0.15, -0.1) is 0 Å². The lowest BCUT2D eigenvalue weighted by Crippen LogP contribution is -3.30. The Morgan fingerprint density at radius 3 is 2.43 bits per heavy atom. The topological polar surface area (TPSA) is 55.5 Å². The van der Waals surface area contributed by atoms with Crippen LogP contribution in [-0.2, 0) is 9.59 Å². The Kier molecular flexibility index (Phi) is 6.26. The molecule has 2 amide bonds. The molecule has 2 heterocycles. The van der Waals surface area contributed by atoms with Crippen LogP contribution in [0.15, 0.2) is 60.7 Å². The second-order valence-electron chi connectivity index (χ2n) is 7.92. The molecule has 2 aliphatic rings. The Labute approximate surface area is 177 Å². The van der Waals surface area contributed by atoms with Gasteiger partial charge in [0.2, 0.25) is 5.91 Å². The number of piperazine rings is 1. The summed E-state index contributed by atoms with van der Waals surface area (Å²) in [5.41, 5.74) is 1.76. The summed E-state index contributed by atoms with van der Waals surface area (Å²) in [6.07, 6.45) is 4.66. The summed E-state index contributed by atoms with van der Waals surface area (Å²) in [7, 11) is 1.56. The average Bonchev–Trinajstić information content (AvgIpc) is 3.08. The zero-order valence-electron chi connectivity index (χ0n) is 17.3. The van der Waals surface area contributed by atoms with Gasteiger partial charge in [-0.1, -0.05) is 48.5 Å². The normalized spacial score (nSPS) is 24.6. The molecular formula is C24H29N3O3+2. The van der Waals surface area contributed by atoms with E-state index in [2.05, 4.69) is 24.3 Å². The van der Waals surface area contributed by atoms with Gasteiger partial charge in [0, 0.05) is 0 Å². The van der Waals surface area contributed by atoms with Crippen LogP contribution in [0.2, 0.25) is 0 Å². The van der Waals surface area contributed by atoms with Crippen LogP contribution in [0.25, 0.3) is 6.08 Å². The van der Waals surface area contributed by atoms with Crippen molar-refractivity contribution in [3.05, 3.63) is 66.2 Å². The van der Waals surface area contributed by atoms with Crippen LogP contribution in [0.1, 0.15) is 12.0 Å². The molecule has 156 valence electrons. The summed E-state index contributed by atoms with van der Waals surface area (Å²) < 4.78 is 5.36. The van der Waals surface area contributed by atoms with Crippen LogP contribution in [0.5, 0.6) is 5.75 Å². The van der Waals surface area contributed by atoms with Gasteiger partial charge in [0.15, 0.2) is 6.04 Å². The molecule has 2 aliphatic heterocycles. The molecule has 0 spiro atoms. The lowest BCUT2D eigenvalue weighted by molar-refractivity contribution is -1.02. The second kappa shape index (κ2) is 9.24. The van der Waals surface area contributed by atoms with Gasteiger partial charge < -0.3 is 14.5 Å². The maximum Gasteiger partial charge on any atom is 0.292 e. The Morgan fingerprint density at radius 1 is 1.00 bits per heavy atom. The van der Waals surface area contributed by atoms with Crippen LogP contribution in [0.4, 0.5) is 5.69 Å². The number of imide groups is 1. The van der Waals surface area contributed by atoms with E-state index >= 15 is 0 Å². The van der Waals surface area contributed by atoms with Crippen LogP contribution in [0.3, 0.4) is 0 Å². The molecule has 0 aliphatic carbocycles. The van der Waals surface area contributed by atoms with Gasteiger partial charge in [-0.05, 0) is 23.8 Å². The summed E-state index contributed by atoms with van der Waals surface area (Å²) >= 11 is 0. The molecule has 30 heavy (non-hydrogen) atoms. The number of amides is 2. The Balaban J connectivity index is 1.34. The molecule has 2 aromatic rings. The average molecular weight is 408 g/mol. The first kappa shape index (κ1) is 20.3. The summed E-state index contributed by atoms with van der Waals surface area (Å²) in [6.45, 7) is 4.78. The van der Waals surface area contributed by atoms with E-state index in [0.717, 1.165) is 32.7 Å². The van der Waals surface area contributed by atoms with Gasteiger partial charge >= 0.3 is 0 Å². The van der Waals surface area contributed by atoms with Gasteiger partial charge in [0.05, 0.1) is 25.8 Å². The lowest BCUT2D eigenvalue weighted by Gasteiger charge is -2.31. The molecule has 0 aromatic heterocycles. The molecular weight excluding hydrogens is 378 g/mol. The van der Waals surface area contributed by atoms with E-state index < -0.39 is 0 Å². The number of quaternary nitrogens is 2. The summed E-state index contributed by atoms with van der Waals surface area (Å²) in [5.74, 6) is 0.309. The number of ether oxygens (including phenoxy) is 1. The molecule has 2 fully saturated rings. The van der Waals surface area contributed by atoms with Gasteiger partial charge in [0.1, 0.15) is 31.9 Å². The largest absolute Gasteiger partial charge is 0.495 e. The number of carbonyl (C=O) groups excluding carboxylic acids is 2. The van der Waals surface area contributed by atoms with E-state index in [-0.39, 0.29) is 24.3 Å². The van der Waals surface area contributed by atoms with Crippen molar-refractivity contribution in [2.45, 2.75) is 12.5 Å². The molecule has 6 nitrogen and oxygen atoms in total. The van der Waals surface area contributed by atoms with Crippen LogP contribution >= 0.6 is 0 Å². The fraction of sp³-hybridized carbons (Fsp3) is 0.333. The number of hydrogen-bond acceptors (Lipinski definition) is 3. The minimum absolute atomic E-state index is 0.105. The van der Waals surface area contributed by atoms with Gasteiger partial charge in [-0.2, -0.15) is 0 Å². The first-order valence-corrected chi connectivity index (χ1v) is 10.6. The molecule has 4 rings (SSSR count). The van der Waals surface area contributed by atoms with Crippen molar-refractivity contribution < 1.29 is 24.1 Å². The van der Waals surface area contributed by atoms with Crippen LogP contribution in [0, 0.1) is 0 Å². The minimum atomic E-state index is -0.288. The quantitative estimate of drug-likeness (QED) is 0.654. The number of anilines is 1. The highest BCUT2D eigenvalue weighted by atomic mass is 16.5. The summed E-state index contributed by atoms with van der Waals surface area (Å²) in [5, 5.41) is 0. The van der Waals surface area contributed by atoms with E-state index in [1.165, 1.54) is 20.3 Å². The van der Waals surface area contributed by atoms with Crippen LogP contribution < -0.4 is 19.4 Å². The van der Waals surface area contributed by atoms with Crippen molar-refractivity contribution in [3.8, 4) is 5.75 Å². The standard InChI is InChI=1S/C24H27N3O3/c1-30-22-12-6-5-11-20(22)27-23(28)18-21(24(27)29)26-16-14-25(15-17-26)13-7-10-19-8-3-2-4-9-19/h2-12,21H,13-18H2,1H3/p+2/b10-7+/t21-/m0/s1. The number of nitrogens with zero attached hydrogens (tertiary/aromatic N) is 1. The molecule has 0 radical (unpaired) electrons. The third-order valence-corrected chi connectivity index (χ3v) is 6.08. The number of rotatable bonds is 6. The highest BCUT2D eigenvalue weighted by molar-refractivity contribution is 6.22. The maximum atomic E-state index is 13.1. The molecule has 2 saturated heterocycles. The highest BCUT2D eigenvalue weighted by Crippen LogP contribution is 2.31. The van der Waals surface area contributed by atoms with E-state index in [0.29, 0.717) is 11.4 Å². The number of carbonyl (C=O) groups is 2. The molecule has 2 aromatic carbocycles. The van der Waals surface area contributed by atoms with Crippen molar-refractivity contribution in [1.29, 1.82) is 0 Å². The number of nitrogens with one attached hydrogen (secondary N) is 2. The van der Waals surface area contributed by atoms with Crippen molar-refractivity contribution in [2.24, 2.45) is 0 Å². The second-order valence-corrected chi connectivity index (χ2v) is 7.92. The molecule has 6 heteroatoms. The zero-order chi connectivity index (χ0) is 20.9. The number of methoxy groups -OCH3 is 1. The number of benzene rings is 2. The molecule has 1 atom stereocenters. The van der Waals surface area contributed by atoms with Crippen molar-refractivity contribution in [3.63, 3.8) is 0 Å². The SMILES string of the molecule is COc1ccccc1N1C(=O)C[C@H]([NH+]2CC[NH+](C/C=C/c3ccccc3)CC2)C1=O. The Hall–Kier alpha value is -2.96. The monoisotopic (exact) mass is 407 g/mol. The van der Waals surface area contributed by atoms with Crippen molar-refractivity contribution in [2.75, 3.05) is 44.7 Å². The van der Waals surface area contributed by atoms with E-state index in [9.17, 15) is 9.59 Å². The first-order chi connectivity index (χ1) is 14.7. The summed E-state index contributed by atoms with van der Waals surface area (Å²) in [6, 6.07) is 17.2. The maximum absolute atomic E-state index is 13.1. The van der Waals surface area contributed by atoms with E-state index in [1.54, 1.807) is 19.2 Å². The molecule has 0 saturated carbocycles. The highest BCUT2D eigenvalue weighted by Gasteiger charge is 2.47. The van der Waals surface area contributed by atoms with Crippen molar-refractivity contribution >= 4 is 23.6 Å². The van der Waals surface area contributed by atoms with Crippen molar-refractivity contribution in [1.82, 2.24) is 0 Å². The fourth-order valence-electron chi connectivity index (χ4n) is 4.42. The third-order valence-electron chi connectivity index (χ3n) is 6.08. The number of hydrogen-bond donors (Lipinski definition) is 2. The molecule has 2 N–H and O–H groups in total. The van der Waals surface area contributed by atoms with E-state index in [4.69, 9.17) is 4.74 Å². The summed E-state index contributed by atoms with van der Waals surface area (Å²) in [4.78, 5) is 29.8. The van der Waals surface area contributed by atoms with Crippen LogP contribution in [-0.4, -0.2) is 57.7 Å². The lowest BCUT2D eigenvalue weighted by atomic mass is 10.1. The van der Waals surface area contributed by atoms with E-state index in [1.807, 2.05) is 30.3 Å².